The molecule has 1 aromatic heterocycles. The fourth-order valence-electron chi connectivity index (χ4n) is 3.50. The van der Waals surface area contributed by atoms with Gasteiger partial charge in [0.2, 0.25) is 0 Å². The van der Waals surface area contributed by atoms with Crippen molar-refractivity contribution in [2.75, 3.05) is 19.8 Å². The van der Waals surface area contributed by atoms with Gasteiger partial charge < -0.3 is 14.0 Å². The number of ether oxygens (including phenoxy) is 2. The van der Waals surface area contributed by atoms with E-state index in [1.54, 1.807) is 0 Å². The van der Waals surface area contributed by atoms with Crippen LogP contribution >= 0.6 is 12.6 Å². The lowest BCUT2D eigenvalue weighted by Gasteiger charge is -2.33. The Balaban J connectivity index is 2.03. The van der Waals surface area contributed by atoms with E-state index < -0.39 is 4.75 Å². The molecule has 26 heavy (non-hydrogen) atoms. The van der Waals surface area contributed by atoms with Gasteiger partial charge in [-0.05, 0) is 36.4 Å². The molecule has 4 nitrogen and oxygen atoms in total. The fraction of sp³-hybridized carbons (Fsp3) is 0.476. The highest BCUT2D eigenvalue weighted by atomic mass is 32.1. The van der Waals surface area contributed by atoms with E-state index >= 15 is 0 Å². The molecule has 1 fully saturated rings. The molecule has 3 rings (SSSR count). The van der Waals surface area contributed by atoms with Crippen LogP contribution in [0, 0.1) is 0 Å². The number of hydrogen-bond donors (Lipinski definition) is 1. The maximum absolute atomic E-state index is 12.7. The van der Waals surface area contributed by atoms with E-state index in [-0.39, 0.29) is 5.97 Å². The highest BCUT2D eigenvalue weighted by Gasteiger charge is 2.44. The van der Waals surface area contributed by atoms with Gasteiger partial charge in [-0.2, -0.15) is 12.6 Å². The molecule has 0 spiro atoms. The smallest absolute Gasteiger partial charge is 0.328 e. The molecule has 1 aliphatic rings. The summed E-state index contributed by atoms with van der Waals surface area (Å²) in [5.74, 6) is -0.269. The number of benzene rings is 1. The van der Waals surface area contributed by atoms with Gasteiger partial charge in [-0.1, -0.05) is 37.6 Å². The number of nitrogens with zero attached hydrogens (tertiary/aromatic N) is 1. The Bertz CT molecular complexity index is 811. The molecule has 1 unspecified atom stereocenters. The molecule has 0 saturated carbocycles. The molecule has 2 heterocycles. The minimum Gasteiger partial charge on any atom is -0.460 e. The normalized spacial score (nSPS) is 22.1. The van der Waals surface area contributed by atoms with E-state index in [1.807, 2.05) is 19.1 Å². The van der Waals surface area contributed by atoms with Crippen molar-refractivity contribution in [2.45, 2.75) is 44.4 Å². The van der Waals surface area contributed by atoms with Crippen LogP contribution in [0.1, 0.15) is 38.8 Å². The molecular formula is C21H27NO3S. The SMILES string of the molecule is CCCC=C1COC(=O)C(S)(c2cc3ccccc3n2CCOCC)C1. The largest absolute Gasteiger partial charge is 0.460 e. The Morgan fingerprint density at radius 1 is 1.35 bits per heavy atom. The van der Waals surface area contributed by atoms with E-state index in [0.717, 1.165) is 35.0 Å². The standard InChI is InChI=1S/C21H27NO3S/c1-3-5-8-16-14-21(26,20(23)25-15-16)19-13-17-9-6-7-10-18(17)22(19)11-12-24-4-2/h6-10,13,26H,3-5,11-12,14-15H2,1-2H3. The number of cyclic esters (lactones) is 1. The van der Waals surface area contributed by atoms with Gasteiger partial charge in [0.15, 0.2) is 4.75 Å². The van der Waals surface area contributed by atoms with Crippen LogP contribution in [-0.4, -0.2) is 30.4 Å². The van der Waals surface area contributed by atoms with Crippen molar-refractivity contribution in [2.24, 2.45) is 0 Å². The summed E-state index contributed by atoms with van der Waals surface area (Å²) in [6.07, 6.45) is 4.83. The number of aromatic nitrogens is 1. The number of carbonyl (C=O) groups is 1. The van der Waals surface area contributed by atoms with Gasteiger partial charge in [-0.3, -0.25) is 4.79 Å². The molecule has 1 aromatic carbocycles. The van der Waals surface area contributed by atoms with E-state index in [4.69, 9.17) is 22.1 Å². The quantitative estimate of drug-likeness (QED) is 0.337. The van der Waals surface area contributed by atoms with Crippen molar-refractivity contribution < 1.29 is 14.3 Å². The third-order valence-corrected chi connectivity index (χ3v) is 5.40. The Morgan fingerprint density at radius 2 is 2.15 bits per heavy atom. The van der Waals surface area contributed by atoms with Gasteiger partial charge in [-0.15, -0.1) is 0 Å². The van der Waals surface area contributed by atoms with Crippen LogP contribution in [-0.2, 0) is 25.6 Å². The molecule has 1 aliphatic heterocycles. The highest BCUT2D eigenvalue weighted by molar-refractivity contribution is 7.82. The van der Waals surface area contributed by atoms with Crippen LogP contribution in [0.2, 0.25) is 0 Å². The lowest BCUT2D eigenvalue weighted by atomic mass is 9.92. The van der Waals surface area contributed by atoms with Crippen LogP contribution in [0.25, 0.3) is 10.9 Å². The lowest BCUT2D eigenvalue weighted by molar-refractivity contribution is -0.148. The number of para-hydroxylation sites is 1. The van der Waals surface area contributed by atoms with Crippen LogP contribution in [0.4, 0.5) is 0 Å². The second-order valence-corrected chi connectivity index (χ2v) is 7.46. The van der Waals surface area contributed by atoms with E-state index in [0.29, 0.717) is 32.8 Å². The van der Waals surface area contributed by atoms with Gasteiger partial charge in [-0.25, -0.2) is 0 Å². The first-order chi connectivity index (χ1) is 12.6. The number of thiol groups is 1. The van der Waals surface area contributed by atoms with Gasteiger partial charge >= 0.3 is 5.97 Å². The summed E-state index contributed by atoms with van der Waals surface area (Å²) in [7, 11) is 0. The first kappa shape index (κ1) is 19.1. The molecule has 0 amide bonds. The third-order valence-electron chi connectivity index (χ3n) is 4.83. The van der Waals surface area contributed by atoms with Gasteiger partial charge in [0.05, 0.1) is 6.61 Å². The predicted octanol–water partition coefficient (Wildman–Crippen LogP) is 4.48. The van der Waals surface area contributed by atoms with Crippen molar-refractivity contribution >= 4 is 29.5 Å². The summed E-state index contributed by atoms with van der Waals surface area (Å²) in [6, 6.07) is 10.2. The Labute approximate surface area is 160 Å². The van der Waals surface area contributed by atoms with E-state index in [1.165, 1.54) is 0 Å². The highest BCUT2D eigenvalue weighted by Crippen LogP contribution is 2.42. The average Bonchev–Trinajstić information content (AvgIpc) is 3.02. The molecule has 0 N–H and O–H groups in total. The molecule has 1 saturated heterocycles. The van der Waals surface area contributed by atoms with E-state index in [2.05, 4.69) is 35.8 Å². The second kappa shape index (κ2) is 8.31. The zero-order chi connectivity index (χ0) is 18.6. The van der Waals surface area contributed by atoms with E-state index in [9.17, 15) is 4.79 Å². The molecule has 1 atom stereocenters. The van der Waals surface area contributed by atoms with Crippen LogP contribution in [0.3, 0.4) is 0 Å². The molecule has 2 aromatic rings. The first-order valence-corrected chi connectivity index (χ1v) is 9.79. The molecule has 0 radical (unpaired) electrons. The Morgan fingerprint density at radius 3 is 2.92 bits per heavy atom. The number of hydrogen-bond acceptors (Lipinski definition) is 4. The maximum Gasteiger partial charge on any atom is 0.328 e. The maximum atomic E-state index is 12.7. The number of fused-ring (bicyclic) bond motifs is 1. The average molecular weight is 374 g/mol. The van der Waals surface area contributed by atoms with Crippen molar-refractivity contribution in [1.29, 1.82) is 0 Å². The molecule has 5 heteroatoms. The van der Waals surface area contributed by atoms with Crippen molar-refractivity contribution in [3.63, 3.8) is 0 Å². The second-order valence-electron chi connectivity index (χ2n) is 6.70. The first-order valence-electron chi connectivity index (χ1n) is 9.34. The molecule has 0 bridgehead atoms. The van der Waals surface area contributed by atoms with Crippen LogP contribution in [0.15, 0.2) is 42.0 Å². The zero-order valence-corrected chi connectivity index (χ0v) is 16.4. The lowest BCUT2D eigenvalue weighted by Crippen LogP contribution is -2.39. The summed E-state index contributed by atoms with van der Waals surface area (Å²) < 4.78 is 12.3. The molecule has 140 valence electrons. The predicted molar refractivity (Wildman–Crippen MR) is 108 cm³/mol. The zero-order valence-electron chi connectivity index (χ0n) is 15.5. The van der Waals surface area contributed by atoms with Crippen molar-refractivity contribution in [3.05, 3.63) is 47.7 Å². The van der Waals surface area contributed by atoms with Gasteiger partial charge in [0.1, 0.15) is 6.61 Å². The number of rotatable bonds is 7. The summed E-state index contributed by atoms with van der Waals surface area (Å²) in [6.45, 7) is 6.45. The minimum absolute atomic E-state index is 0.269. The summed E-state index contributed by atoms with van der Waals surface area (Å²) in [5, 5.41) is 1.10. The summed E-state index contributed by atoms with van der Waals surface area (Å²) >= 11 is 4.86. The fourth-order valence-corrected chi connectivity index (χ4v) is 3.95. The van der Waals surface area contributed by atoms with Crippen molar-refractivity contribution in [1.82, 2.24) is 4.57 Å². The van der Waals surface area contributed by atoms with Gasteiger partial charge in [0.25, 0.3) is 0 Å². The molecule has 0 aliphatic carbocycles. The number of carbonyl (C=O) groups excluding carboxylic acids is 1. The third kappa shape index (κ3) is 3.69. The minimum atomic E-state index is -0.969. The number of unbranched alkanes of at least 4 members (excludes halogenated alkanes) is 1. The Kier molecular flexibility index (Phi) is 6.09. The van der Waals surface area contributed by atoms with Crippen LogP contribution in [0.5, 0.6) is 0 Å². The summed E-state index contributed by atoms with van der Waals surface area (Å²) in [5.41, 5.74) is 3.12. The van der Waals surface area contributed by atoms with Gasteiger partial charge in [0, 0.05) is 30.8 Å². The Hall–Kier alpha value is -1.72. The van der Waals surface area contributed by atoms with Crippen LogP contribution < -0.4 is 0 Å². The summed E-state index contributed by atoms with van der Waals surface area (Å²) in [4.78, 5) is 12.7. The van der Waals surface area contributed by atoms with Crippen molar-refractivity contribution in [3.8, 4) is 0 Å². The monoisotopic (exact) mass is 373 g/mol. The number of esters is 1. The molecular weight excluding hydrogens is 346 g/mol. The topological polar surface area (TPSA) is 40.5 Å². The number of allylic oxidation sites excluding steroid dienone is 1.